The zero-order valence-electron chi connectivity index (χ0n) is 11.9. The smallest absolute Gasteiger partial charge is 0.0462 e. The van der Waals surface area contributed by atoms with Gasteiger partial charge in [-0.3, -0.25) is 0 Å². The summed E-state index contributed by atoms with van der Waals surface area (Å²) >= 11 is 0. The van der Waals surface area contributed by atoms with Gasteiger partial charge >= 0.3 is 0 Å². The van der Waals surface area contributed by atoms with Crippen LogP contribution in [0.5, 0.6) is 0 Å². The molecule has 20 heavy (non-hydrogen) atoms. The minimum atomic E-state index is 0.350. The normalized spacial score (nSPS) is 22.4. The van der Waals surface area contributed by atoms with E-state index in [0.717, 1.165) is 13.1 Å². The SMILES string of the molecule is OCC1CCCC1CNCc1ccc2ccccc2c1. The van der Waals surface area contributed by atoms with Gasteiger partial charge in [0.25, 0.3) is 0 Å². The molecule has 0 amide bonds. The van der Waals surface area contributed by atoms with Crippen LogP contribution in [0, 0.1) is 11.8 Å². The van der Waals surface area contributed by atoms with Crippen molar-refractivity contribution in [2.75, 3.05) is 13.2 Å². The summed E-state index contributed by atoms with van der Waals surface area (Å²) in [5.74, 6) is 1.17. The number of aliphatic hydroxyl groups is 1. The molecule has 2 N–H and O–H groups in total. The second kappa shape index (κ2) is 6.38. The molecule has 2 heteroatoms. The predicted octanol–water partition coefficient (Wildman–Crippen LogP) is 3.34. The molecule has 0 aromatic heterocycles. The summed E-state index contributed by atoms with van der Waals surface area (Å²) in [6, 6.07) is 15.1. The first-order valence-corrected chi connectivity index (χ1v) is 7.66. The molecule has 106 valence electrons. The average molecular weight is 269 g/mol. The lowest BCUT2D eigenvalue weighted by Gasteiger charge is -2.18. The Labute approximate surface area is 120 Å². The molecular formula is C18H23NO. The molecular weight excluding hydrogens is 246 g/mol. The lowest BCUT2D eigenvalue weighted by molar-refractivity contribution is 0.192. The summed E-state index contributed by atoms with van der Waals surface area (Å²) in [5.41, 5.74) is 1.34. The van der Waals surface area contributed by atoms with E-state index in [9.17, 15) is 5.11 Å². The van der Waals surface area contributed by atoms with Crippen LogP contribution in [-0.4, -0.2) is 18.3 Å². The van der Waals surface area contributed by atoms with Crippen molar-refractivity contribution in [3.8, 4) is 0 Å². The molecule has 0 heterocycles. The summed E-state index contributed by atoms with van der Waals surface area (Å²) in [7, 11) is 0. The standard InChI is InChI=1S/C18H23NO/c20-13-18-7-3-6-17(18)12-19-11-14-8-9-15-4-1-2-5-16(15)10-14/h1-2,4-5,8-10,17-20H,3,6-7,11-13H2. The molecule has 0 bridgehead atoms. The predicted molar refractivity (Wildman–Crippen MR) is 83.6 cm³/mol. The van der Waals surface area contributed by atoms with Crippen LogP contribution in [0.1, 0.15) is 24.8 Å². The molecule has 0 radical (unpaired) electrons. The van der Waals surface area contributed by atoms with Crippen molar-refractivity contribution in [1.82, 2.24) is 5.32 Å². The van der Waals surface area contributed by atoms with Crippen LogP contribution < -0.4 is 5.32 Å². The Bertz CT molecular complexity index is 566. The van der Waals surface area contributed by atoms with Crippen molar-refractivity contribution in [1.29, 1.82) is 0 Å². The van der Waals surface area contributed by atoms with Crippen LogP contribution in [-0.2, 0) is 6.54 Å². The Hall–Kier alpha value is -1.38. The van der Waals surface area contributed by atoms with Crippen LogP contribution >= 0.6 is 0 Å². The maximum atomic E-state index is 9.34. The fraction of sp³-hybridized carbons (Fsp3) is 0.444. The lowest BCUT2D eigenvalue weighted by Crippen LogP contribution is -2.26. The summed E-state index contributed by atoms with van der Waals surface area (Å²) in [4.78, 5) is 0. The Balaban J connectivity index is 1.57. The van der Waals surface area contributed by atoms with E-state index in [1.54, 1.807) is 0 Å². The molecule has 0 saturated heterocycles. The zero-order chi connectivity index (χ0) is 13.8. The Morgan fingerprint density at radius 3 is 2.65 bits per heavy atom. The average Bonchev–Trinajstić information content (AvgIpc) is 2.95. The fourth-order valence-corrected chi connectivity index (χ4v) is 3.37. The van der Waals surface area contributed by atoms with Crippen LogP contribution in [0.2, 0.25) is 0 Å². The van der Waals surface area contributed by atoms with E-state index in [-0.39, 0.29) is 0 Å². The van der Waals surface area contributed by atoms with E-state index in [2.05, 4.69) is 47.8 Å². The van der Waals surface area contributed by atoms with Gasteiger partial charge in [0.2, 0.25) is 0 Å². The van der Waals surface area contributed by atoms with Crippen LogP contribution in [0.3, 0.4) is 0 Å². The monoisotopic (exact) mass is 269 g/mol. The molecule has 2 nitrogen and oxygen atoms in total. The Morgan fingerprint density at radius 1 is 1.00 bits per heavy atom. The van der Waals surface area contributed by atoms with E-state index in [4.69, 9.17) is 0 Å². The number of nitrogens with one attached hydrogen (secondary N) is 1. The number of benzene rings is 2. The van der Waals surface area contributed by atoms with Gasteiger partial charge in [-0.15, -0.1) is 0 Å². The van der Waals surface area contributed by atoms with Gasteiger partial charge in [-0.25, -0.2) is 0 Å². The topological polar surface area (TPSA) is 32.3 Å². The van der Waals surface area contributed by atoms with Gasteiger partial charge in [-0.2, -0.15) is 0 Å². The first-order chi connectivity index (χ1) is 9.86. The van der Waals surface area contributed by atoms with E-state index in [0.29, 0.717) is 18.4 Å². The number of fused-ring (bicyclic) bond motifs is 1. The highest BCUT2D eigenvalue weighted by atomic mass is 16.3. The minimum Gasteiger partial charge on any atom is -0.396 e. The third-order valence-electron chi connectivity index (χ3n) is 4.60. The zero-order valence-corrected chi connectivity index (χ0v) is 11.9. The van der Waals surface area contributed by atoms with Crippen molar-refractivity contribution in [2.24, 2.45) is 11.8 Å². The van der Waals surface area contributed by atoms with Crippen LogP contribution in [0.15, 0.2) is 42.5 Å². The van der Waals surface area contributed by atoms with Gasteiger partial charge in [0, 0.05) is 13.2 Å². The quantitative estimate of drug-likeness (QED) is 0.872. The number of aliphatic hydroxyl groups excluding tert-OH is 1. The summed E-state index contributed by atoms with van der Waals surface area (Å²) in [5, 5.41) is 15.5. The number of hydrogen-bond donors (Lipinski definition) is 2. The molecule has 2 aromatic carbocycles. The van der Waals surface area contributed by atoms with Crippen molar-refractivity contribution in [2.45, 2.75) is 25.8 Å². The highest BCUT2D eigenvalue weighted by molar-refractivity contribution is 5.82. The van der Waals surface area contributed by atoms with Gasteiger partial charge < -0.3 is 10.4 Å². The molecule has 1 fully saturated rings. The van der Waals surface area contributed by atoms with Gasteiger partial charge in [-0.1, -0.05) is 42.8 Å². The third kappa shape index (κ3) is 3.02. The largest absolute Gasteiger partial charge is 0.396 e. The first-order valence-electron chi connectivity index (χ1n) is 7.66. The highest BCUT2D eigenvalue weighted by Crippen LogP contribution is 2.30. The van der Waals surface area contributed by atoms with Crippen LogP contribution in [0.25, 0.3) is 10.8 Å². The number of rotatable bonds is 5. The van der Waals surface area contributed by atoms with Crippen molar-refractivity contribution >= 4 is 10.8 Å². The third-order valence-corrected chi connectivity index (χ3v) is 4.60. The minimum absolute atomic E-state index is 0.350. The van der Waals surface area contributed by atoms with E-state index < -0.39 is 0 Å². The van der Waals surface area contributed by atoms with Crippen LogP contribution in [0.4, 0.5) is 0 Å². The first kappa shape index (κ1) is 13.6. The van der Waals surface area contributed by atoms with Gasteiger partial charge in [0.15, 0.2) is 0 Å². The summed E-state index contributed by atoms with van der Waals surface area (Å²) in [6.07, 6.45) is 3.72. The Kier molecular flexibility index (Phi) is 4.34. The summed E-state index contributed by atoms with van der Waals surface area (Å²) in [6.45, 7) is 2.29. The fourth-order valence-electron chi connectivity index (χ4n) is 3.37. The van der Waals surface area contributed by atoms with Gasteiger partial charge in [0.1, 0.15) is 0 Å². The van der Waals surface area contributed by atoms with Crippen molar-refractivity contribution < 1.29 is 5.11 Å². The van der Waals surface area contributed by atoms with E-state index >= 15 is 0 Å². The number of hydrogen-bond acceptors (Lipinski definition) is 2. The van der Waals surface area contributed by atoms with Crippen molar-refractivity contribution in [3.05, 3.63) is 48.0 Å². The van der Waals surface area contributed by atoms with Crippen molar-refractivity contribution in [3.63, 3.8) is 0 Å². The maximum absolute atomic E-state index is 9.34. The maximum Gasteiger partial charge on any atom is 0.0462 e. The van der Waals surface area contributed by atoms with Gasteiger partial charge in [-0.05, 0) is 53.6 Å². The van der Waals surface area contributed by atoms with E-state index in [1.165, 1.54) is 35.6 Å². The lowest BCUT2D eigenvalue weighted by atomic mass is 9.97. The van der Waals surface area contributed by atoms with E-state index in [1.807, 2.05) is 0 Å². The molecule has 0 spiro atoms. The molecule has 1 aliphatic carbocycles. The molecule has 3 rings (SSSR count). The second-order valence-electron chi connectivity index (χ2n) is 5.95. The molecule has 2 unspecified atom stereocenters. The molecule has 1 saturated carbocycles. The Morgan fingerprint density at radius 2 is 1.80 bits per heavy atom. The summed E-state index contributed by atoms with van der Waals surface area (Å²) < 4.78 is 0. The van der Waals surface area contributed by atoms with Gasteiger partial charge in [0.05, 0.1) is 0 Å². The molecule has 2 aromatic rings. The highest BCUT2D eigenvalue weighted by Gasteiger charge is 2.25. The molecule has 1 aliphatic rings. The molecule has 0 aliphatic heterocycles. The molecule has 2 atom stereocenters. The second-order valence-corrected chi connectivity index (χ2v) is 5.95.